The molecule has 0 radical (unpaired) electrons. The van der Waals surface area contributed by atoms with Gasteiger partial charge in [-0.15, -0.1) is 0 Å². The van der Waals surface area contributed by atoms with Gasteiger partial charge in [-0.05, 0) is 30.2 Å². The largest absolute Gasteiger partial charge is 0.493 e. The second kappa shape index (κ2) is 10.3. The summed E-state index contributed by atoms with van der Waals surface area (Å²) in [5.74, 6) is 1.62. The summed E-state index contributed by atoms with van der Waals surface area (Å²) < 4.78 is 22.2. The fourth-order valence-electron chi connectivity index (χ4n) is 3.72. The highest BCUT2D eigenvalue weighted by Gasteiger charge is 2.27. The van der Waals surface area contributed by atoms with Crippen LogP contribution in [0.15, 0.2) is 42.5 Å². The topological polar surface area (TPSA) is 69.3 Å². The van der Waals surface area contributed by atoms with Crippen LogP contribution in [0.1, 0.15) is 24.2 Å². The maximum Gasteiger partial charge on any atom is 0.234 e. The van der Waals surface area contributed by atoms with Crippen LogP contribution in [-0.4, -0.2) is 57.9 Å². The van der Waals surface area contributed by atoms with Gasteiger partial charge >= 0.3 is 0 Å². The predicted molar refractivity (Wildman–Crippen MR) is 114 cm³/mol. The van der Waals surface area contributed by atoms with Crippen molar-refractivity contribution in [2.75, 3.05) is 41.0 Å². The van der Waals surface area contributed by atoms with E-state index in [2.05, 4.69) is 22.3 Å². The number of benzene rings is 2. The lowest BCUT2D eigenvalue weighted by molar-refractivity contribution is -0.127. The number of rotatable bonds is 8. The SMILES string of the molecule is COc1cc(CNC(=O)CN2CC(C)OC(c3ccccc3)C2)cc(OC)c1OC. The van der Waals surface area contributed by atoms with Crippen molar-refractivity contribution in [2.45, 2.75) is 25.7 Å². The maximum absolute atomic E-state index is 12.6. The van der Waals surface area contributed by atoms with Gasteiger partial charge in [0.15, 0.2) is 11.5 Å². The first-order valence-electron chi connectivity index (χ1n) is 10.0. The smallest absolute Gasteiger partial charge is 0.234 e. The summed E-state index contributed by atoms with van der Waals surface area (Å²) in [7, 11) is 4.71. The first-order valence-corrected chi connectivity index (χ1v) is 10.0. The molecular weight excluding hydrogens is 384 g/mol. The number of carbonyl (C=O) groups excluding carboxylic acids is 1. The van der Waals surface area contributed by atoms with Crippen molar-refractivity contribution >= 4 is 5.91 Å². The number of methoxy groups -OCH3 is 3. The molecule has 1 heterocycles. The Bertz CT molecular complexity index is 818. The molecule has 2 aromatic carbocycles. The van der Waals surface area contributed by atoms with Crippen LogP contribution in [0, 0.1) is 0 Å². The van der Waals surface area contributed by atoms with Gasteiger partial charge in [0, 0.05) is 19.6 Å². The Kier molecular flexibility index (Phi) is 7.54. The molecule has 1 fully saturated rings. The van der Waals surface area contributed by atoms with E-state index in [1.165, 1.54) is 0 Å². The quantitative estimate of drug-likeness (QED) is 0.716. The normalized spacial score (nSPS) is 19.2. The van der Waals surface area contributed by atoms with Crippen molar-refractivity contribution in [3.63, 3.8) is 0 Å². The Balaban J connectivity index is 1.59. The lowest BCUT2D eigenvalue weighted by Gasteiger charge is -2.36. The van der Waals surface area contributed by atoms with Gasteiger partial charge in [0.1, 0.15) is 0 Å². The van der Waals surface area contributed by atoms with Crippen LogP contribution in [0.25, 0.3) is 0 Å². The summed E-state index contributed by atoms with van der Waals surface area (Å²) in [6.45, 7) is 4.14. The fraction of sp³-hybridized carbons (Fsp3) is 0.435. The molecule has 3 rings (SSSR count). The Morgan fingerprint density at radius 2 is 1.73 bits per heavy atom. The van der Waals surface area contributed by atoms with Gasteiger partial charge in [-0.1, -0.05) is 30.3 Å². The summed E-state index contributed by atoms with van der Waals surface area (Å²) >= 11 is 0. The number of hydrogen-bond donors (Lipinski definition) is 1. The summed E-state index contributed by atoms with van der Waals surface area (Å²) in [5.41, 5.74) is 2.00. The first kappa shape index (κ1) is 21.9. The zero-order chi connectivity index (χ0) is 21.5. The summed E-state index contributed by atoms with van der Waals surface area (Å²) in [6, 6.07) is 13.8. The maximum atomic E-state index is 12.6. The third-order valence-electron chi connectivity index (χ3n) is 5.09. The molecule has 2 atom stereocenters. The minimum absolute atomic E-state index is 0.0298. The second-order valence-electron chi connectivity index (χ2n) is 7.35. The minimum atomic E-state index is -0.0373. The Hall–Kier alpha value is -2.77. The molecule has 1 amide bonds. The predicted octanol–water partition coefficient (Wildman–Crippen LogP) is 2.79. The number of nitrogens with zero attached hydrogens (tertiary/aromatic N) is 1. The minimum Gasteiger partial charge on any atom is -0.493 e. The van der Waals surface area contributed by atoms with Crippen molar-refractivity contribution < 1.29 is 23.7 Å². The molecule has 0 spiro atoms. The van der Waals surface area contributed by atoms with Crippen LogP contribution in [0.4, 0.5) is 0 Å². The van der Waals surface area contributed by atoms with Crippen LogP contribution in [-0.2, 0) is 16.1 Å². The lowest BCUT2D eigenvalue weighted by Crippen LogP contribution is -2.47. The molecule has 0 aliphatic carbocycles. The average molecular weight is 415 g/mol. The second-order valence-corrected chi connectivity index (χ2v) is 7.35. The van der Waals surface area contributed by atoms with Crippen molar-refractivity contribution in [3.05, 3.63) is 53.6 Å². The average Bonchev–Trinajstić information content (AvgIpc) is 2.77. The number of morpholine rings is 1. The summed E-state index contributed by atoms with van der Waals surface area (Å²) in [6.07, 6.45) is 0.0322. The monoisotopic (exact) mass is 414 g/mol. The lowest BCUT2D eigenvalue weighted by atomic mass is 10.1. The molecule has 1 N–H and O–H groups in total. The fourth-order valence-corrected chi connectivity index (χ4v) is 3.72. The molecule has 7 heteroatoms. The van der Waals surface area contributed by atoms with Crippen LogP contribution in [0.2, 0.25) is 0 Å². The third kappa shape index (κ3) is 5.43. The van der Waals surface area contributed by atoms with E-state index in [0.717, 1.165) is 17.7 Å². The van der Waals surface area contributed by atoms with Crippen molar-refractivity contribution in [3.8, 4) is 17.2 Å². The number of ether oxygens (including phenoxy) is 4. The summed E-state index contributed by atoms with van der Waals surface area (Å²) in [4.78, 5) is 14.7. The molecule has 162 valence electrons. The van der Waals surface area contributed by atoms with Crippen LogP contribution < -0.4 is 19.5 Å². The number of carbonyl (C=O) groups is 1. The molecule has 1 saturated heterocycles. The Morgan fingerprint density at radius 1 is 1.07 bits per heavy atom. The van der Waals surface area contributed by atoms with E-state index in [-0.39, 0.29) is 18.1 Å². The molecule has 7 nitrogen and oxygen atoms in total. The van der Waals surface area contributed by atoms with Crippen molar-refractivity contribution in [1.29, 1.82) is 0 Å². The molecule has 0 aromatic heterocycles. The molecule has 2 unspecified atom stereocenters. The van der Waals surface area contributed by atoms with Gasteiger partial charge in [0.2, 0.25) is 11.7 Å². The van der Waals surface area contributed by atoms with Gasteiger partial charge in [0.25, 0.3) is 0 Å². The van der Waals surface area contributed by atoms with Crippen LogP contribution in [0.5, 0.6) is 17.2 Å². The summed E-state index contributed by atoms with van der Waals surface area (Å²) in [5, 5.41) is 2.98. The van der Waals surface area contributed by atoms with Gasteiger partial charge in [-0.3, -0.25) is 9.69 Å². The highest BCUT2D eigenvalue weighted by atomic mass is 16.5. The van der Waals surface area contributed by atoms with Gasteiger partial charge < -0.3 is 24.3 Å². The van der Waals surface area contributed by atoms with E-state index >= 15 is 0 Å². The highest BCUT2D eigenvalue weighted by molar-refractivity contribution is 5.78. The van der Waals surface area contributed by atoms with Gasteiger partial charge in [-0.2, -0.15) is 0 Å². The van der Waals surface area contributed by atoms with Crippen LogP contribution in [0.3, 0.4) is 0 Å². The van der Waals surface area contributed by atoms with Gasteiger partial charge in [0.05, 0.1) is 40.1 Å². The molecule has 0 bridgehead atoms. The number of hydrogen-bond acceptors (Lipinski definition) is 6. The van der Waals surface area contributed by atoms with E-state index in [1.807, 2.05) is 37.3 Å². The zero-order valence-electron chi connectivity index (χ0n) is 18.0. The molecule has 0 saturated carbocycles. The molecule has 30 heavy (non-hydrogen) atoms. The third-order valence-corrected chi connectivity index (χ3v) is 5.09. The zero-order valence-corrected chi connectivity index (χ0v) is 18.0. The molecule has 1 aliphatic rings. The van der Waals surface area contributed by atoms with Gasteiger partial charge in [-0.25, -0.2) is 0 Å². The van der Waals surface area contributed by atoms with E-state index < -0.39 is 0 Å². The number of amides is 1. The van der Waals surface area contributed by atoms with E-state index in [9.17, 15) is 4.79 Å². The van der Waals surface area contributed by atoms with Crippen molar-refractivity contribution in [2.24, 2.45) is 0 Å². The Morgan fingerprint density at radius 3 is 2.33 bits per heavy atom. The Labute approximate surface area is 177 Å². The standard InChI is InChI=1S/C23H30N2O5/c1-16-13-25(14-21(30-16)18-8-6-5-7-9-18)15-22(26)24-12-17-10-19(27-2)23(29-4)20(11-17)28-3/h5-11,16,21H,12-15H2,1-4H3,(H,24,26). The first-order chi connectivity index (χ1) is 14.5. The van der Waals surface area contributed by atoms with E-state index in [4.69, 9.17) is 18.9 Å². The molecular formula is C23H30N2O5. The molecule has 1 aliphatic heterocycles. The van der Waals surface area contributed by atoms with E-state index in [0.29, 0.717) is 36.9 Å². The van der Waals surface area contributed by atoms with Crippen LogP contribution >= 0.6 is 0 Å². The van der Waals surface area contributed by atoms with E-state index in [1.54, 1.807) is 21.3 Å². The molecule has 2 aromatic rings. The van der Waals surface area contributed by atoms with Crippen molar-refractivity contribution in [1.82, 2.24) is 10.2 Å². The number of nitrogens with one attached hydrogen (secondary N) is 1. The highest BCUT2D eigenvalue weighted by Crippen LogP contribution is 2.38.